The fourth-order valence-corrected chi connectivity index (χ4v) is 4.55. The normalized spacial score (nSPS) is 14.9. The van der Waals surface area contributed by atoms with E-state index in [1.54, 1.807) is 0 Å². The van der Waals surface area contributed by atoms with Gasteiger partial charge in [0, 0.05) is 59.5 Å². The molecule has 5 nitrogen and oxygen atoms in total. The maximum atomic E-state index is 13.0. The Morgan fingerprint density at radius 2 is 1.96 bits per heavy atom. The predicted octanol–water partition coefficient (Wildman–Crippen LogP) is 4.37. The first-order valence-electron chi connectivity index (χ1n) is 9.68. The Morgan fingerprint density at radius 3 is 2.71 bits per heavy atom. The molecule has 1 aliphatic heterocycles. The van der Waals surface area contributed by atoms with Gasteiger partial charge in [-0.1, -0.05) is 6.07 Å². The molecule has 146 valence electrons. The van der Waals surface area contributed by atoms with Crippen LogP contribution in [0.3, 0.4) is 0 Å². The van der Waals surface area contributed by atoms with Crippen molar-refractivity contribution in [1.29, 1.82) is 0 Å². The fourth-order valence-electron chi connectivity index (χ4n) is 3.57. The molecule has 4 rings (SSSR count). The van der Waals surface area contributed by atoms with E-state index in [1.165, 1.54) is 17.1 Å². The quantitative estimate of drug-likeness (QED) is 0.651. The first-order valence-corrected chi connectivity index (χ1v) is 10.8. The summed E-state index contributed by atoms with van der Waals surface area (Å²) < 4.78 is 5.46. The summed E-state index contributed by atoms with van der Waals surface area (Å²) in [7, 11) is 0. The lowest BCUT2D eigenvalue weighted by Gasteiger charge is -2.26. The van der Waals surface area contributed by atoms with E-state index in [0.29, 0.717) is 12.2 Å². The topological polar surface area (TPSA) is 57.4 Å². The van der Waals surface area contributed by atoms with Gasteiger partial charge in [0.1, 0.15) is 5.75 Å². The van der Waals surface area contributed by atoms with Crippen molar-refractivity contribution in [2.75, 3.05) is 36.5 Å². The van der Waals surface area contributed by atoms with Gasteiger partial charge in [0.2, 0.25) is 0 Å². The van der Waals surface area contributed by atoms with Gasteiger partial charge in [-0.15, -0.1) is 0 Å². The number of rotatable bonds is 6. The number of anilines is 1. The van der Waals surface area contributed by atoms with Crippen LogP contribution in [0.25, 0.3) is 10.9 Å². The van der Waals surface area contributed by atoms with Gasteiger partial charge in [-0.05, 0) is 48.9 Å². The number of aromatic nitrogens is 1. The zero-order valence-corrected chi connectivity index (χ0v) is 16.8. The van der Waals surface area contributed by atoms with E-state index in [2.05, 4.69) is 15.2 Å². The lowest BCUT2D eigenvalue weighted by Crippen LogP contribution is -2.31. The maximum Gasteiger partial charge on any atom is 0.256 e. The molecule has 2 N–H and O–H groups in total. The average molecular weight is 396 g/mol. The maximum absolute atomic E-state index is 13.0. The van der Waals surface area contributed by atoms with E-state index in [9.17, 15) is 4.79 Å². The van der Waals surface area contributed by atoms with Gasteiger partial charge in [-0.2, -0.15) is 11.8 Å². The second-order valence-corrected chi connectivity index (χ2v) is 8.07. The number of hydrogen-bond acceptors (Lipinski definition) is 4. The van der Waals surface area contributed by atoms with Crippen LogP contribution in [0.2, 0.25) is 0 Å². The molecule has 0 radical (unpaired) electrons. The third kappa shape index (κ3) is 4.18. The third-order valence-electron chi connectivity index (χ3n) is 4.95. The largest absolute Gasteiger partial charge is 0.494 e. The number of nitrogens with one attached hydrogen (secondary N) is 2. The molecule has 3 aromatic rings. The van der Waals surface area contributed by atoms with Gasteiger partial charge in [-0.3, -0.25) is 9.69 Å². The van der Waals surface area contributed by atoms with E-state index in [-0.39, 0.29) is 5.91 Å². The number of ether oxygens (including phenoxy) is 1. The number of H-pyrrole nitrogens is 1. The van der Waals surface area contributed by atoms with Gasteiger partial charge in [0.25, 0.3) is 5.91 Å². The average Bonchev–Trinajstić information content (AvgIpc) is 3.13. The molecule has 0 saturated carbocycles. The van der Waals surface area contributed by atoms with Gasteiger partial charge >= 0.3 is 0 Å². The summed E-state index contributed by atoms with van der Waals surface area (Å²) in [6.45, 7) is 5.64. The van der Waals surface area contributed by atoms with E-state index in [4.69, 9.17) is 4.74 Å². The highest BCUT2D eigenvalue weighted by molar-refractivity contribution is 7.99. The molecular weight excluding hydrogens is 370 g/mol. The summed E-state index contributed by atoms with van der Waals surface area (Å²) in [5.74, 6) is 3.06. The highest BCUT2D eigenvalue weighted by Crippen LogP contribution is 2.26. The molecule has 0 bridgehead atoms. The van der Waals surface area contributed by atoms with Crippen molar-refractivity contribution in [3.05, 3.63) is 59.8 Å². The van der Waals surface area contributed by atoms with Crippen molar-refractivity contribution in [3.8, 4) is 5.75 Å². The van der Waals surface area contributed by atoms with Crippen LogP contribution >= 0.6 is 11.8 Å². The first-order chi connectivity index (χ1) is 13.7. The lowest BCUT2D eigenvalue weighted by molar-refractivity contribution is 0.102. The summed E-state index contributed by atoms with van der Waals surface area (Å²) in [6.07, 6.45) is 2.04. The monoisotopic (exact) mass is 395 g/mol. The number of hydrogen-bond donors (Lipinski definition) is 2. The number of amides is 1. The molecule has 1 saturated heterocycles. The predicted molar refractivity (Wildman–Crippen MR) is 116 cm³/mol. The summed E-state index contributed by atoms with van der Waals surface area (Å²) in [6, 6.07) is 13.3. The Morgan fingerprint density at radius 1 is 1.18 bits per heavy atom. The standard InChI is InChI=1S/C22H25N3O2S/c1-2-27-18-8-6-17(7-9-18)24-22(26)19-4-3-5-20-21(19)16(14-23-20)15-25-10-12-28-13-11-25/h3-9,14,23H,2,10-13,15H2,1H3,(H,24,26). The van der Waals surface area contributed by atoms with E-state index in [1.807, 2.05) is 67.3 Å². The second kappa shape index (κ2) is 8.71. The Balaban J connectivity index is 1.56. The Labute approximate surface area is 169 Å². The van der Waals surface area contributed by atoms with Crippen molar-refractivity contribution in [1.82, 2.24) is 9.88 Å². The van der Waals surface area contributed by atoms with Crippen LogP contribution in [0.4, 0.5) is 5.69 Å². The van der Waals surface area contributed by atoms with Crippen molar-refractivity contribution < 1.29 is 9.53 Å². The van der Waals surface area contributed by atoms with Crippen LogP contribution < -0.4 is 10.1 Å². The molecule has 6 heteroatoms. The molecule has 0 unspecified atom stereocenters. The minimum Gasteiger partial charge on any atom is -0.494 e. The SMILES string of the molecule is CCOc1ccc(NC(=O)c2cccc3[nH]cc(CN4CCSCC4)c23)cc1. The van der Waals surface area contributed by atoms with Crippen molar-refractivity contribution >= 4 is 34.3 Å². The summed E-state index contributed by atoms with van der Waals surface area (Å²) in [5.41, 5.74) is 3.64. The molecule has 1 fully saturated rings. The number of aromatic amines is 1. The molecule has 28 heavy (non-hydrogen) atoms. The van der Waals surface area contributed by atoms with Gasteiger partial charge in [-0.25, -0.2) is 0 Å². The number of thioether (sulfide) groups is 1. The Hall–Kier alpha value is -2.44. The van der Waals surface area contributed by atoms with Crippen LogP contribution in [0, 0.1) is 0 Å². The van der Waals surface area contributed by atoms with Crippen LogP contribution in [0.5, 0.6) is 5.75 Å². The second-order valence-electron chi connectivity index (χ2n) is 6.84. The van der Waals surface area contributed by atoms with Crippen molar-refractivity contribution in [2.45, 2.75) is 13.5 Å². The molecule has 1 amide bonds. The zero-order valence-electron chi connectivity index (χ0n) is 16.0. The zero-order chi connectivity index (χ0) is 19.3. The molecule has 1 aromatic heterocycles. The summed E-state index contributed by atoms with van der Waals surface area (Å²) in [5, 5.41) is 4.03. The Kier molecular flexibility index (Phi) is 5.88. The molecule has 0 atom stereocenters. The van der Waals surface area contributed by atoms with E-state index >= 15 is 0 Å². The minimum atomic E-state index is -0.0928. The number of carbonyl (C=O) groups is 1. The number of nitrogens with zero attached hydrogens (tertiary/aromatic N) is 1. The summed E-state index contributed by atoms with van der Waals surface area (Å²) >= 11 is 2.01. The van der Waals surface area contributed by atoms with Crippen molar-refractivity contribution in [3.63, 3.8) is 0 Å². The van der Waals surface area contributed by atoms with Crippen LogP contribution in [-0.4, -0.2) is 47.0 Å². The van der Waals surface area contributed by atoms with Gasteiger partial charge in [0.05, 0.1) is 6.61 Å². The minimum absolute atomic E-state index is 0.0928. The van der Waals surface area contributed by atoms with Crippen molar-refractivity contribution in [2.24, 2.45) is 0 Å². The number of fused-ring (bicyclic) bond motifs is 1. The smallest absolute Gasteiger partial charge is 0.256 e. The van der Waals surface area contributed by atoms with Gasteiger partial charge in [0.15, 0.2) is 0 Å². The van der Waals surface area contributed by atoms with Crippen LogP contribution in [0.1, 0.15) is 22.8 Å². The van der Waals surface area contributed by atoms with Crippen LogP contribution in [-0.2, 0) is 6.54 Å². The highest BCUT2D eigenvalue weighted by atomic mass is 32.2. The molecule has 0 aliphatic carbocycles. The van der Waals surface area contributed by atoms with E-state index in [0.717, 1.165) is 42.0 Å². The number of benzene rings is 2. The molecule has 1 aliphatic rings. The van der Waals surface area contributed by atoms with E-state index < -0.39 is 0 Å². The fraction of sp³-hybridized carbons (Fsp3) is 0.318. The molecule has 2 heterocycles. The molecular formula is C22H25N3O2S. The lowest BCUT2D eigenvalue weighted by atomic mass is 10.0. The van der Waals surface area contributed by atoms with Gasteiger partial charge < -0.3 is 15.0 Å². The molecule has 2 aromatic carbocycles. The summed E-state index contributed by atoms with van der Waals surface area (Å²) in [4.78, 5) is 18.8. The highest BCUT2D eigenvalue weighted by Gasteiger charge is 2.18. The Bertz CT molecular complexity index is 946. The van der Waals surface area contributed by atoms with Crippen LogP contribution in [0.15, 0.2) is 48.7 Å². The molecule has 0 spiro atoms. The third-order valence-corrected chi connectivity index (χ3v) is 5.90. The first kappa shape index (κ1) is 18.9. The number of carbonyl (C=O) groups excluding carboxylic acids is 1.